The molecule has 3 rings (SSSR count). The van der Waals surface area contributed by atoms with Crippen LogP contribution in [0.5, 0.6) is 0 Å². The quantitative estimate of drug-likeness (QED) is 0.756. The lowest BCUT2D eigenvalue weighted by Gasteiger charge is -2.03. The van der Waals surface area contributed by atoms with Crippen LogP contribution < -0.4 is 5.73 Å². The lowest BCUT2D eigenvalue weighted by Crippen LogP contribution is -1.87. The van der Waals surface area contributed by atoms with Gasteiger partial charge in [-0.05, 0) is 29.8 Å². The van der Waals surface area contributed by atoms with Crippen LogP contribution in [0.15, 0.2) is 45.5 Å². The maximum absolute atomic E-state index is 6.01. The van der Waals surface area contributed by atoms with Gasteiger partial charge in [0.2, 0.25) is 5.88 Å². The number of nitrogen functional groups attached to an aromatic ring is 1. The molecule has 0 aliphatic heterocycles. The Bertz CT molecular complexity index is 720. The van der Waals surface area contributed by atoms with Crippen LogP contribution in [-0.4, -0.2) is 5.16 Å². The first-order valence-electron chi connectivity index (χ1n) is 5.41. The van der Waals surface area contributed by atoms with E-state index in [0.29, 0.717) is 27.1 Å². The molecule has 0 amide bonds. The molecule has 0 radical (unpaired) electrons. The lowest BCUT2D eigenvalue weighted by molar-refractivity contribution is 0.436. The average Bonchev–Trinajstić information content (AvgIpc) is 3.01. The van der Waals surface area contributed by atoms with Crippen molar-refractivity contribution in [3.8, 4) is 22.6 Å². The van der Waals surface area contributed by atoms with Crippen LogP contribution in [0.4, 0.5) is 5.88 Å². The first-order chi connectivity index (χ1) is 9.16. The first kappa shape index (κ1) is 12.1. The molecule has 0 aliphatic rings. The van der Waals surface area contributed by atoms with Crippen molar-refractivity contribution in [3.05, 3.63) is 46.6 Å². The molecule has 0 fully saturated rings. The van der Waals surface area contributed by atoms with Gasteiger partial charge in [-0.1, -0.05) is 34.4 Å². The first-order valence-corrected chi connectivity index (χ1v) is 6.17. The Morgan fingerprint density at radius 1 is 1.11 bits per heavy atom. The average molecular weight is 295 g/mol. The Hall–Kier alpha value is -1.91. The summed E-state index contributed by atoms with van der Waals surface area (Å²) in [5.41, 5.74) is 7.75. The summed E-state index contributed by atoms with van der Waals surface area (Å²) in [6.07, 6.45) is 1.55. The largest absolute Gasteiger partial charge is 0.463 e. The van der Waals surface area contributed by atoms with Crippen LogP contribution in [0.25, 0.3) is 22.6 Å². The summed E-state index contributed by atoms with van der Waals surface area (Å²) < 4.78 is 10.3. The Kier molecular flexibility index (Phi) is 2.97. The summed E-state index contributed by atoms with van der Waals surface area (Å²) in [5, 5.41) is 4.82. The number of benzene rings is 1. The van der Waals surface area contributed by atoms with Gasteiger partial charge in [0, 0.05) is 0 Å². The molecular formula is C13H8Cl2N2O2. The number of nitrogens with zero attached hydrogens (tertiary/aromatic N) is 1. The highest BCUT2D eigenvalue weighted by Crippen LogP contribution is 2.38. The Balaban J connectivity index is 2.19. The topological polar surface area (TPSA) is 65.2 Å². The molecule has 0 atom stereocenters. The minimum atomic E-state index is 0.199. The molecule has 4 nitrogen and oxygen atoms in total. The fourth-order valence-corrected chi connectivity index (χ4v) is 2.11. The van der Waals surface area contributed by atoms with Gasteiger partial charge in [0.15, 0.2) is 11.5 Å². The molecule has 0 aliphatic carbocycles. The van der Waals surface area contributed by atoms with Crippen LogP contribution in [0.1, 0.15) is 0 Å². The minimum absolute atomic E-state index is 0.199. The molecule has 0 saturated carbocycles. The van der Waals surface area contributed by atoms with E-state index < -0.39 is 0 Å². The Labute approximate surface area is 118 Å². The minimum Gasteiger partial charge on any atom is -0.463 e. The van der Waals surface area contributed by atoms with Gasteiger partial charge in [-0.2, -0.15) is 0 Å². The number of nitrogens with two attached hydrogens (primary N) is 1. The standard InChI is InChI=1S/C13H8Cl2N2O2/c14-8-4-3-7(6-9(8)15)11-12(17-19-13(11)16)10-2-1-5-18-10/h1-6H,16H2. The maximum atomic E-state index is 6.01. The summed E-state index contributed by atoms with van der Waals surface area (Å²) in [6.45, 7) is 0. The number of aromatic nitrogens is 1. The maximum Gasteiger partial charge on any atom is 0.230 e. The molecule has 0 unspecified atom stereocenters. The number of furan rings is 1. The molecule has 1 aromatic carbocycles. The van der Waals surface area contributed by atoms with Crippen molar-refractivity contribution in [2.24, 2.45) is 0 Å². The Morgan fingerprint density at radius 3 is 2.63 bits per heavy atom. The van der Waals surface area contributed by atoms with Gasteiger partial charge >= 0.3 is 0 Å². The summed E-state index contributed by atoms with van der Waals surface area (Å²) in [4.78, 5) is 0. The Morgan fingerprint density at radius 2 is 1.95 bits per heavy atom. The van der Waals surface area contributed by atoms with Crippen molar-refractivity contribution in [1.82, 2.24) is 5.16 Å². The van der Waals surface area contributed by atoms with Gasteiger partial charge in [-0.3, -0.25) is 0 Å². The summed E-state index contributed by atoms with van der Waals surface area (Å²) in [6, 6.07) is 8.73. The van der Waals surface area contributed by atoms with Crippen molar-refractivity contribution in [3.63, 3.8) is 0 Å². The van der Waals surface area contributed by atoms with E-state index in [9.17, 15) is 0 Å². The summed E-state index contributed by atoms with van der Waals surface area (Å²) in [7, 11) is 0. The second-order valence-corrected chi connectivity index (χ2v) is 4.69. The normalized spacial score (nSPS) is 10.8. The van der Waals surface area contributed by atoms with Crippen molar-refractivity contribution < 1.29 is 8.94 Å². The van der Waals surface area contributed by atoms with E-state index in [1.54, 1.807) is 36.6 Å². The van der Waals surface area contributed by atoms with Crippen LogP contribution in [0.2, 0.25) is 10.0 Å². The zero-order chi connectivity index (χ0) is 13.4. The monoisotopic (exact) mass is 294 g/mol. The zero-order valence-corrected chi connectivity index (χ0v) is 11.1. The van der Waals surface area contributed by atoms with Gasteiger partial charge in [0.1, 0.15) is 0 Å². The smallest absolute Gasteiger partial charge is 0.230 e. The van der Waals surface area contributed by atoms with Crippen LogP contribution in [0, 0.1) is 0 Å². The summed E-state index contributed by atoms with van der Waals surface area (Å²) in [5.74, 6) is 0.770. The third kappa shape index (κ3) is 2.09. The van der Waals surface area contributed by atoms with E-state index in [2.05, 4.69) is 5.16 Å². The van der Waals surface area contributed by atoms with Crippen molar-refractivity contribution in [1.29, 1.82) is 0 Å². The molecule has 3 aromatic rings. The molecule has 2 heterocycles. The highest BCUT2D eigenvalue weighted by molar-refractivity contribution is 6.42. The van der Waals surface area contributed by atoms with E-state index in [1.165, 1.54) is 0 Å². The fraction of sp³-hybridized carbons (Fsp3) is 0. The van der Waals surface area contributed by atoms with Gasteiger partial charge in [-0.25, -0.2) is 0 Å². The van der Waals surface area contributed by atoms with Gasteiger partial charge < -0.3 is 14.7 Å². The van der Waals surface area contributed by atoms with E-state index in [0.717, 1.165) is 5.56 Å². The third-order valence-electron chi connectivity index (χ3n) is 2.68. The van der Waals surface area contributed by atoms with Crippen molar-refractivity contribution in [2.75, 3.05) is 5.73 Å². The molecule has 19 heavy (non-hydrogen) atoms. The number of halogens is 2. The van der Waals surface area contributed by atoms with E-state index >= 15 is 0 Å². The van der Waals surface area contributed by atoms with E-state index in [4.69, 9.17) is 37.9 Å². The summed E-state index contributed by atoms with van der Waals surface area (Å²) >= 11 is 11.9. The third-order valence-corrected chi connectivity index (χ3v) is 3.42. The molecular weight excluding hydrogens is 287 g/mol. The van der Waals surface area contributed by atoms with Crippen molar-refractivity contribution in [2.45, 2.75) is 0 Å². The lowest BCUT2D eigenvalue weighted by atomic mass is 10.0. The molecule has 0 spiro atoms. The zero-order valence-electron chi connectivity index (χ0n) is 9.56. The molecule has 96 valence electrons. The van der Waals surface area contributed by atoms with Gasteiger partial charge in [0.25, 0.3) is 0 Å². The second kappa shape index (κ2) is 4.64. The number of hydrogen-bond acceptors (Lipinski definition) is 4. The highest BCUT2D eigenvalue weighted by atomic mass is 35.5. The molecule has 2 N–H and O–H groups in total. The molecule has 0 bridgehead atoms. The van der Waals surface area contributed by atoms with Gasteiger partial charge in [0.05, 0.1) is 21.9 Å². The van der Waals surface area contributed by atoms with Crippen LogP contribution in [0.3, 0.4) is 0 Å². The number of anilines is 1. The number of rotatable bonds is 2. The molecule has 6 heteroatoms. The van der Waals surface area contributed by atoms with Crippen LogP contribution >= 0.6 is 23.2 Å². The number of hydrogen-bond donors (Lipinski definition) is 1. The predicted octanol–water partition coefficient (Wildman–Crippen LogP) is 4.49. The SMILES string of the molecule is Nc1onc(-c2ccco2)c1-c1ccc(Cl)c(Cl)c1. The highest BCUT2D eigenvalue weighted by Gasteiger charge is 2.19. The fourth-order valence-electron chi connectivity index (χ4n) is 1.81. The van der Waals surface area contributed by atoms with E-state index in [-0.39, 0.29) is 5.88 Å². The molecule has 2 aromatic heterocycles. The second-order valence-electron chi connectivity index (χ2n) is 3.88. The van der Waals surface area contributed by atoms with Crippen molar-refractivity contribution >= 4 is 29.1 Å². The van der Waals surface area contributed by atoms with Crippen LogP contribution in [-0.2, 0) is 0 Å². The van der Waals surface area contributed by atoms with Gasteiger partial charge in [-0.15, -0.1) is 0 Å². The molecule has 0 saturated heterocycles. The predicted molar refractivity (Wildman–Crippen MR) is 74.1 cm³/mol. The van der Waals surface area contributed by atoms with E-state index in [1.807, 2.05) is 0 Å².